The SMILES string of the molecule is COc1cc(C)ccc1OC(C)C(=O)Nc1ccc(C(=O)NCCNC(C)=O)cc1. The summed E-state index contributed by atoms with van der Waals surface area (Å²) in [5.41, 5.74) is 2.01. The van der Waals surface area contributed by atoms with Crippen molar-refractivity contribution in [3.05, 3.63) is 53.6 Å². The van der Waals surface area contributed by atoms with Crippen molar-refractivity contribution in [2.45, 2.75) is 26.9 Å². The van der Waals surface area contributed by atoms with Crippen molar-refractivity contribution < 1.29 is 23.9 Å². The number of hydrogen-bond acceptors (Lipinski definition) is 5. The standard InChI is InChI=1S/C22H27N3O5/c1-14-5-10-19(20(13-14)29-4)30-15(2)21(27)25-18-8-6-17(7-9-18)22(28)24-12-11-23-16(3)26/h5-10,13,15H,11-12H2,1-4H3,(H,23,26)(H,24,28)(H,25,27). The van der Waals surface area contributed by atoms with E-state index in [1.165, 1.54) is 6.92 Å². The van der Waals surface area contributed by atoms with Crippen LogP contribution in [-0.4, -0.2) is 44.0 Å². The fourth-order valence-corrected chi connectivity index (χ4v) is 2.58. The molecule has 0 saturated carbocycles. The van der Waals surface area contributed by atoms with Crippen LogP contribution in [0.4, 0.5) is 5.69 Å². The van der Waals surface area contributed by atoms with E-state index in [1.54, 1.807) is 44.4 Å². The average Bonchev–Trinajstić information content (AvgIpc) is 2.72. The van der Waals surface area contributed by atoms with Crippen LogP contribution in [0.2, 0.25) is 0 Å². The van der Waals surface area contributed by atoms with Crippen LogP contribution in [0.3, 0.4) is 0 Å². The quantitative estimate of drug-likeness (QED) is 0.547. The minimum atomic E-state index is -0.752. The summed E-state index contributed by atoms with van der Waals surface area (Å²) in [6.07, 6.45) is -0.752. The smallest absolute Gasteiger partial charge is 0.265 e. The predicted octanol–water partition coefficient (Wildman–Crippen LogP) is 2.28. The number of benzene rings is 2. The molecule has 0 aliphatic heterocycles. The van der Waals surface area contributed by atoms with E-state index >= 15 is 0 Å². The number of anilines is 1. The Hall–Kier alpha value is -3.55. The van der Waals surface area contributed by atoms with E-state index in [1.807, 2.05) is 19.1 Å². The molecule has 0 heterocycles. The Labute approximate surface area is 175 Å². The van der Waals surface area contributed by atoms with Crippen molar-refractivity contribution in [2.75, 3.05) is 25.5 Å². The van der Waals surface area contributed by atoms with E-state index in [-0.39, 0.29) is 17.7 Å². The molecule has 8 nitrogen and oxygen atoms in total. The van der Waals surface area contributed by atoms with Gasteiger partial charge in [-0.1, -0.05) is 6.07 Å². The molecule has 0 radical (unpaired) electrons. The van der Waals surface area contributed by atoms with Crippen LogP contribution in [0, 0.1) is 6.92 Å². The van der Waals surface area contributed by atoms with E-state index < -0.39 is 6.10 Å². The maximum absolute atomic E-state index is 12.4. The third-order valence-electron chi connectivity index (χ3n) is 4.19. The van der Waals surface area contributed by atoms with Crippen LogP contribution in [0.15, 0.2) is 42.5 Å². The number of carbonyl (C=O) groups is 3. The summed E-state index contributed by atoms with van der Waals surface area (Å²) < 4.78 is 11.0. The first-order valence-electron chi connectivity index (χ1n) is 9.55. The highest BCUT2D eigenvalue weighted by molar-refractivity contribution is 5.96. The third kappa shape index (κ3) is 6.80. The third-order valence-corrected chi connectivity index (χ3v) is 4.19. The van der Waals surface area contributed by atoms with Crippen molar-refractivity contribution >= 4 is 23.4 Å². The molecule has 0 spiro atoms. The Balaban J connectivity index is 1.89. The Morgan fingerprint density at radius 1 is 0.967 bits per heavy atom. The summed E-state index contributed by atoms with van der Waals surface area (Å²) in [4.78, 5) is 35.3. The van der Waals surface area contributed by atoms with Crippen LogP contribution in [0.5, 0.6) is 11.5 Å². The molecule has 3 N–H and O–H groups in total. The summed E-state index contributed by atoms with van der Waals surface area (Å²) in [5.74, 6) is 0.301. The van der Waals surface area contributed by atoms with Gasteiger partial charge >= 0.3 is 0 Å². The average molecular weight is 413 g/mol. The zero-order valence-corrected chi connectivity index (χ0v) is 17.6. The minimum absolute atomic E-state index is 0.150. The van der Waals surface area contributed by atoms with Crippen LogP contribution >= 0.6 is 0 Å². The number of amides is 3. The Kier molecular flexibility index (Phi) is 8.22. The van der Waals surface area contributed by atoms with Gasteiger partial charge < -0.3 is 25.4 Å². The number of methoxy groups -OCH3 is 1. The number of aryl methyl sites for hydroxylation is 1. The largest absolute Gasteiger partial charge is 0.493 e. The molecule has 30 heavy (non-hydrogen) atoms. The summed E-state index contributed by atoms with van der Waals surface area (Å²) in [5, 5.41) is 8.06. The van der Waals surface area contributed by atoms with Gasteiger partial charge in [0.25, 0.3) is 11.8 Å². The molecule has 8 heteroatoms. The van der Waals surface area contributed by atoms with Gasteiger partial charge in [-0.05, 0) is 55.8 Å². The Morgan fingerprint density at radius 3 is 2.27 bits per heavy atom. The van der Waals surface area contributed by atoms with Crippen molar-refractivity contribution in [3.63, 3.8) is 0 Å². The lowest BCUT2D eigenvalue weighted by molar-refractivity contribution is -0.122. The monoisotopic (exact) mass is 413 g/mol. The van der Waals surface area contributed by atoms with Crippen LogP contribution in [-0.2, 0) is 9.59 Å². The Morgan fingerprint density at radius 2 is 1.63 bits per heavy atom. The molecule has 0 aromatic heterocycles. The topological polar surface area (TPSA) is 106 Å². The second-order valence-electron chi connectivity index (χ2n) is 6.72. The van der Waals surface area contributed by atoms with E-state index in [9.17, 15) is 14.4 Å². The summed E-state index contributed by atoms with van der Waals surface area (Å²) in [6, 6.07) is 12.0. The molecule has 0 aliphatic rings. The number of hydrogen-bond donors (Lipinski definition) is 3. The first-order valence-corrected chi connectivity index (χ1v) is 9.55. The highest BCUT2D eigenvalue weighted by atomic mass is 16.5. The zero-order valence-electron chi connectivity index (χ0n) is 17.6. The maximum atomic E-state index is 12.4. The number of nitrogens with one attached hydrogen (secondary N) is 3. The molecule has 1 atom stereocenters. The molecule has 2 aromatic rings. The van der Waals surface area contributed by atoms with E-state index in [0.717, 1.165) is 5.56 Å². The second-order valence-corrected chi connectivity index (χ2v) is 6.72. The van der Waals surface area contributed by atoms with Gasteiger partial charge in [-0.2, -0.15) is 0 Å². The fraction of sp³-hybridized carbons (Fsp3) is 0.318. The van der Waals surface area contributed by atoms with Crippen molar-refractivity contribution in [1.29, 1.82) is 0 Å². The van der Waals surface area contributed by atoms with Gasteiger partial charge in [0.2, 0.25) is 5.91 Å². The minimum Gasteiger partial charge on any atom is -0.493 e. The summed E-state index contributed by atoms with van der Waals surface area (Å²) in [7, 11) is 1.55. The fourth-order valence-electron chi connectivity index (χ4n) is 2.58. The molecular weight excluding hydrogens is 386 g/mol. The highest BCUT2D eigenvalue weighted by Crippen LogP contribution is 2.28. The molecule has 0 fully saturated rings. The van der Waals surface area contributed by atoms with Gasteiger partial charge in [0.1, 0.15) is 0 Å². The van der Waals surface area contributed by atoms with Crippen molar-refractivity contribution in [3.8, 4) is 11.5 Å². The first-order chi connectivity index (χ1) is 14.3. The zero-order chi connectivity index (χ0) is 22.1. The normalized spacial score (nSPS) is 11.2. The van der Waals surface area contributed by atoms with Gasteiger partial charge in [0, 0.05) is 31.3 Å². The number of ether oxygens (including phenoxy) is 2. The summed E-state index contributed by atoms with van der Waals surface area (Å²) in [6.45, 7) is 5.69. The molecule has 0 saturated heterocycles. The molecular formula is C22H27N3O5. The lowest BCUT2D eigenvalue weighted by Gasteiger charge is -2.17. The van der Waals surface area contributed by atoms with Gasteiger partial charge in [-0.15, -0.1) is 0 Å². The number of rotatable bonds is 9. The second kappa shape index (κ2) is 10.8. The molecule has 2 rings (SSSR count). The van der Waals surface area contributed by atoms with Crippen molar-refractivity contribution in [1.82, 2.24) is 10.6 Å². The lowest BCUT2D eigenvalue weighted by atomic mass is 10.2. The van der Waals surface area contributed by atoms with Crippen LogP contribution in [0.1, 0.15) is 29.8 Å². The van der Waals surface area contributed by atoms with E-state index in [0.29, 0.717) is 35.8 Å². The van der Waals surface area contributed by atoms with E-state index in [2.05, 4.69) is 16.0 Å². The molecule has 2 aromatic carbocycles. The molecule has 0 bridgehead atoms. The van der Waals surface area contributed by atoms with Crippen molar-refractivity contribution in [2.24, 2.45) is 0 Å². The molecule has 1 unspecified atom stereocenters. The summed E-state index contributed by atoms with van der Waals surface area (Å²) >= 11 is 0. The van der Waals surface area contributed by atoms with Crippen LogP contribution in [0.25, 0.3) is 0 Å². The molecule has 160 valence electrons. The van der Waals surface area contributed by atoms with Gasteiger partial charge in [0.05, 0.1) is 7.11 Å². The predicted molar refractivity (Wildman–Crippen MR) is 114 cm³/mol. The number of carbonyl (C=O) groups excluding carboxylic acids is 3. The van der Waals surface area contributed by atoms with Gasteiger partial charge in [0.15, 0.2) is 17.6 Å². The lowest BCUT2D eigenvalue weighted by Crippen LogP contribution is -2.33. The molecule has 0 aliphatic carbocycles. The Bertz CT molecular complexity index is 896. The van der Waals surface area contributed by atoms with Crippen LogP contribution < -0.4 is 25.4 Å². The maximum Gasteiger partial charge on any atom is 0.265 e. The van der Waals surface area contributed by atoms with Gasteiger partial charge in [-0.25, -0.2) is 0 Å². The van der Waals surface area contributed by atoms with E-state index in [4.69, 9.17) is 9.47 Å². The molecule has 3 amide bonds. The highest BCUT2D eigenvalue weighted by Gasteiger charge is 2.17. The first kappa shape index (κ1) is 22.7. The van der Waals surface area contributed by atoms with Gasteiger partial charge in [-0.3, -0.25) is 14.4 Å².